The molecule has 1 aliphatic rings. The second kappa shape index (κ2) is 7.84. The third-order valence-electron chi connectivity index (χ3n) is 4.01. The molecule has 1 aromatic heterocycles. The summed E-state index contributed by atoms with van der Waals surface area (Å²) in [7, 11) is 0. The first kappa shape index (κ1) is 15.6. The average molecular weight is 279 g/mol. The number of furan rings is 1. The van der Waals surface area contributed by atoms with Crippen molar-refractivity contribution in [2.75, 3.05) is 13.2 Å². The Hall–Kier alpha value is -0.800. The number of nitrogens with one attached hydrogen (secondary N) is 1. The van der Waals surface area contributed by atoms with Crippen LogP contribution in [0.25, 0.3) is 0 Å². The van der Waals surface area contributed by atoms with E-state index in [9.17, 15) is 0 Å². The molecular weight excluding hydrogens is 250 g/mol. The summed E-state index contributed by atoms with van der Waals surface area (Å²) in [4.78, 5) is 0. The summed E-state index contributed by atoms with van der Waals surface area (Å²) in [6.45, 7) is 9.88. The number of aryl methyl sites for hydroxylation is 1. The second-order valence-corrected chi connectivity index (χ2v) is 6.48. The topological polar surface area (TPSA) is 34.4 Å². The highest BCUT2D eigenvalue weighted by atomic mass is 16.5. The molecule has 0 bridgehead atoms. The van der Waals surface area contributed by atoms with Crippen molar-refractivity contribution in [1.82, 2.24) is 5.32 Å². The zero-order chi connectivity index (χ0) is 14.4. The summed E-state index contributed by atoms with van der Waals surface area (Å²) < 4.78 is 11.6. The Morgan fingerprint density at radius 3 is 2.80 bits per heavy atom. The maximum atomic E-state index is 5.86. The van der Waals surface area contributed by atoms with E-state index in [-0.39, 0.29) is 0 Å². The third kappa shape index (κ3) is 4.95. The Labute approximate surface area is 123 Å². The summed E-state index contributed by atoms with van der Waals surface area (Å²) in [6.07, 6.45) is 5.44. The molecule has 1 fully saturated rings. The van der Waals surface area contributed by atoms with Crippen LogP contribution >= 0.6 is 0 Å². The van der Waals surface area contributed by atoms with E-state index in [1.54, 1.807) is 0 Å². The number of rotatable bonds is 8. The van der Waals surface area contributed by atoms with Crippen LogP contribution in [0.5, 0.6) is 0 Å². The fourth-order valence-corrected chi connectivity index (χ4v) is 2.81. The van der Waals surface area contributed by atoms with Gasteiger partial charge in [0.1, 0.15) is 11.5 Å². The van der Waals surface area contributed by atoms with Crippen LogP contribution in [0.2, 0.25) is 0 Å². The molecule has 0 atom stereocenters. The number of ether oxygens (including phenoxy) is 1. The third-order valence-corrected chi connectivity index (χ3v) is 4.01. The van der Waals surface area contributed by atoms with Gasteiger partial charge in [-0.1, -0.05) is 26.7 Å². The van der Waals surface area contributed by atoms with Crippen LogP contribution in [-0.2, 0) is 17.9 Å². The molecule has 1 heterocycles. The minimum atomic E-state index is 0.667. The molecule has 1 aliphatic carbocycles. The van der Waals surface area contributed by atoms with Gasteiger partial charge in [-0.3, -0.25) is 0 Å². The quantitative estimate of drug-likeness (QED) is 0.780. The van der Waals surface area contributed by atoms with Crippen LogP contribution in [0.1, 0.15) is 56.6 Å². The molecule has 2 rings (SSSR count). The fourth-order valence-electron chi connectivity index (χ4n) is 2.81. The maximum absolute atomic E-state index is 5.86. The van der Waals surface area contributed by atoms with Gasteiger partial charge in [0.15, 0.2) is 0 Å². The number of hydrogen-bond acceptors (Lipinski definition) is 3. The van der Waals surface area contributed by atoms with Crippen molar-refractivity contribution in [2.45, 2.75) is 59.6 Å². The Morgan fingerprint density at radius 1 is 1.35 bits per heavy atom. The molecule has 0 amide bonds. The van der Waals surface area contributed by atoms with E-state index in [0.29, 0.717) is 12.5 Å². The van der Waals surface area contributed by atoms with Crippen molar-refractivity contribution >= 4 is 0 Å². The molecule has 0 unspecified atom stereocenters. The van der Waals surface area contributed by atoms with Crippen LogP contribution in [0.3, 0.4) is 0 Å². The Kier molecular flexibility index (Phi) is 6.11. The Balaban J connectivity index is 1.72. The van der Waals surface area contributed by atoms with E-state index in [1.807, 2.05) is 6.92 Å². The van der Waals surface area contributed by atoms with Gasteiger partial charge in [-0.25, -0.2) is 0 Å². The van der Waals surface area contributed by atoms with Crippen LogP contribution in [-0.4, -0.2) is 13.2 Å². The zero-order valence-corrected chi connectivity index (χ0v) is 13.2. The molecular formula is C17H29NO2. The Bertz CT molecular complexity index is 392. The zero-order valence-electron chi connectivity index (χ0n) is 13.2. The van der Waals surface area contributed by atoms with Gasteiger partial charge in [0, 0.05) is 12.2 Å². The highest BCUT2D eigenvalue weighted by Crippen LogP contribution is 2.25. The molecule has 0 spiro atoms. The van der Waals surface area contributed by atoms with Crippen molar-refractivity contribution < 1.29 is 9.15 Å². The first-order valence-electron chi connectivity index (χ1n) is 8.01. The molecule has 20 heavy (non-hydrogen) atoms. The lowest BCUT2D eigenvalue weighted by molar-refractivity contribution is 0.0881. The molecule has 0 radical (unpaired) electrons. The summed E-state index contributed by atoms with van der Waals surface area (Å²) in [5.41, 5.74) is 1.20. The van der Waals surface area contributed by atoms with Crippen molar-refractivity contribution in [2.24, 2.45) is 11.8 Å². The lowest BCUT2D eigenvalue weighted by Crippen LogP contribution is -2.18. The van der Waals surface area contributed by atoms with Crippen molar-refractivity contribution in [1.29, 1.82) is 0 Å². The smallest absolute Gasteiger partial charge is 0.118 e. The van der Waals surface area contributed by atoms with Crippen LogP contribution in [0, 0.1) is 18.8 Å². The molecule has 1 saturated carbocycles. The first-order chi connectivity index (χ1) is 9.65. The second-order valence-electron chi connectivity index (χ2n) is 6.48. The van der Waals surface area contributed by atoms with E-state index >= 15 is 0 Å². The molecule has 114 valence electrons. The molecule has 0 aromatic carbocycles. The van der Waals surface area contributed by atoms with E-state index in [4.69, 9.17) is 9.15 Å². The van der Waals surface area contributed by atoms with E-state index in [2.05, 4.69) is 25.2 Å². The Morgan fingerprint density at radius 2 is 2.10 bits per heavy atom. The van der Waals surface area contributed by atoms with Crippen LogP contribution < -0.4 is 5.32 Å². The lowest BCUT2D eigenvalue weighted by Gasteiger charge is -2.09. The van der Waals surface area contributed by atoms with Crippen molar-refractivity contribution in [3.05, 3.63) is 23.2 Å². The van der Waals surface area contributed by atoms with E-state index in [1.165, 1.54) is 31.2 Å². The normalized spacial score (nSPS) is 16.4. The standard InChI is InChI=1S/C17H29NO2/c1-13(2)9-18-10-17-8-16(14(3)20-17)12-19-11-15-6-4-5-7-15/h8,13,15,18H,4-7,9-12H2,1-3H3. The summed E-state index contributed by atoms with van der Waals surface area (Å²) in [6, 6.07) is 2.14. The van der Waals surface area contributed by atoms with E-state index < -0.39 is 0 Å². The molecule has 0 saturated heterocycles. The lowest BCUT2D eigenvalue weighted by atomic mass is 10.1. The van der Waals surface area contributed by atoms with Crippen LogP contribution in [0.4, 0.5) is 0 Å². The van der Waals surface area contributed by atoms with Gasteiger partial charge < -0.3 is 14.5 Å². The van der Waals surface area contributed by atoms with Gasteiger partial charge >= 0.3 is 0 Å². The van der Waals surface area contributed by atoms with Crippen LogP contribution in [0.15, 0.2) is 10.5 Å². The van der Waals surface area contributed by atoms with Crippen molar-refractivity contribution in [3.63, 3.8) is 0 Å². The van der Waals surface area contributed by atoms with Gasteiger partial charge in [0.2, 0.25) is 0 Å². The minimum Gasteiger partial charge on any atom is -0.465 e. The maximum Gasteiger partial charge on any atom is 0.118 e. The summed E-state index contributed by atoms with van der Waals surface area (Å²) in [5, 5.41) is 3.41. The minimum absolute atomic E-state index is 0.667. The fraction of sp³-hybridized carbons (Fsp3) is 0.765. The first-order valence-corrected chi connectivity index (χ1v) is 8.01. The predicted octanol–water partition coefficient (Wildman–Crippen LogP) is 4.04. The van der Waals surface area contributed by atoms with Crippen molar-refractivity contribution in [3.8, 4) is 0 Å². The summed E-state index contributed by atoms with van der Waals surface area (Å²) >= 11 is 0. The molecule has 0 aliphatic heterocycles. The molecule has 3 nitrogen and oxygen atoms in total. The highest BCUT2D eigenvalue weighted by Gasteiger charge is 2.15. The SMILES string of the molecule is Cc1oc(CNCC(C)C)cc1COCC1CCCC1. The summed E-state index contributed by atoms with van der Waals surface area (Å²) in [5.74, 6) is 3.47. The van der Waals surface area contributed by atoms with Gasteiger partial charge in [-0.15, -0.1) is 0 Å². The highest BCUT2D eigenvalue weighted by molar-refractivity contribution is 5.19. The van der Waals surface area contributed by atoms with Gasteiger partial charge in [0.25, 0.3) is 0 Å². The largest absolute Gasteiger partial charge is 0.465 e. The molecule has 1 aromatic rings. The average Bonchev–Trinajstić information content (AvgIpc) is 3.00. The monoisotopic (exact) mass is 279 g/mol. The van der Waals surface area contributed by atoms with Gasteiger partial charge in [-0.05, 0) is 44.2 Å². The number of hydrogen-bond donors (Lipinski definition) is 1. The molecule has 3 heteroatoms. The molecule has 1 N–H and O–H groups in total. The van der Waals surface area contributed by atoms with E-state index in [0.717, 1.165) is 37.1 Å². The predicted molar refractivity (Wildman–Crippen MR) is 81.6 cm³/mol. The van der Waals surface area contributed by atoms with Gasteiger partial charge in [-0.2, -0.15) is 0 Å². The van der Waals surface area contributed by atoms with Gasteiger partial charge in [0.05, 0.1) is 13.2 Å².